The molecule has 9 heteroatoms. The molecule has 1 aliphatic heterocycles. The first kappa shape index (κ1) is 22.1. The van der Waals surface area contributed by atoms with E-state index in [0.717, 1.165) is 30.0 Å². The van der Waals surface area contributed by atoms with Gasteiger partial charge in [-0.2, -0.15) is 4.31 Å². The first-order valence-corrected chi connectivity index (χ1v) is 12.0. The quantitative estimate of drug-likeness (QED) is 0.734. The van der Waals surface area contributed by atoms with Gasteiger partial charge in [-0.25, -0.2) is 8.42 Å². The first-order valence-electron chi connectivity index (χ1n) is 10.0. The predicted octanol–water partition coefficient (Wildman–Crippen LogP) is 2.55. The Morgan fingerprint density at radius 2 is 1.86 bits per heavy atom. The number of amides is 2. The number of carbonyl (C=O) groups is 2. The highest BCUT2D eigenvalue weighted by Crippen LogP contribution is 2.32. The molecule has 1 saturated carbocycles. The number of rotatable bonds is 6. The van der Waals surface area contributed by atoms with Crippen LogP contribution in [0, 0.1) is 0 Å². The Morgan fingerprint density at radius 1 is 1.24 bits per heavy atom. The number of halogens is 1. The lowest BCUT2D eigenvalue weighted by molar-refractivity contribution is -0.133. The van der Waals surface area contributed by atoms with Crippen LogP contribution in [0.15, 0.2) is 24.3 Å². The molecule has 0 unspecified atom stereocenters. The monoisotopic (exact) mass is 441 g/mol. The van der Waals surface area contributed by atoms with Crippen LogP contribution in [0.4, 0.5) is 5.69 Å². The molecule has 0 aromatic heterocycles. The molecule has 1 aromatic rings. The second kappa shape index (κ2) is 8.62. The first-order chi connectivity index (χ1) is 13.7. The summed E-state index contributed by atoms with van der Waals surface area (Å²) in [4.78, 5) is 27.9. The third-order valence-electron chi connectivity index (χ3n) is 5.66. The molecule has 1 N–H and O–H groups in total. The smallest absolute Gasteiger partial charge is 0.247 e. The summed E-state index contributed by atoms with van der Waals surface area (Å²) in [5, 5.41) is 3.56. The number of nitrogens with zero attached hydrogens (tertiary/aromatic N) is 2. The third kappa shape index (κ3) is 4.59. The lowest BCUT2D eigenvalue weighted by Crippen LogP contribution is -2.70. The van der Waals surface area contributed by atoms with Gasteiger partial charge in [0.05, 0.1) is 12.3 Å². The highest BCUT2D eigenvalue weighted by Gasteiger charge is 2.51. The number of carbonyl (C=O) groups excluding carboxylic acids is 2. The molecule has 7 nitrogen and oxygen atoms in total. The molecule has 3 rings (SSSR count). The van der Waals surface area contributed by atoms with Crippen LogP contribution in [0.2, 0.25) is 5.02 Å². The number of sulfonamides is 1. The highest BCUT2D eigenvalue weighted by atomic mass is 35.5. The van der Waals surface area contributed by atoms with Gasteiger partial charge in [0.15, 0.2) is 0 Å². The summed E-state index contributed by atoms with van der Waals surface area (Å²) in [6, 6.07) is 6.72. The molecule has 1 heterocycles. The van der Waals surface area contributed by atoms with Crippen molar-refractivity contribution in [2.75, 3.05) is 23.7 Å². The van der Waals surface area contributed by atoms with E-state index in [0.29, 0.717) is 17.1 Å². The second-order valence-corrected chi connectivity index (χ2v) is 10.5. The van der Waals surface area contributed by atoms with Gasteiger partial charge < -0.3 is 5.32 Å². The van der Waals surface area contributed by atoms with Crippen LogP contribution >= 0.6 is 11.6 Å². The van der Waals surface area contributed by atoms with Gasteiger partial charge in [-0.05, 0) is 50.5 Å². The number of piperazine rings is 1. The van der Waals surface area contributed by atoms with Crippen molar-refractivity contribution in [3.8, 4) is 0 Å². The molecule has 2 fully saturated rings. The Bertz CT molecular complexity index is 868. The van der Waals surface area contributed by atoms with E-state index >= 15 is 0 Å². The van der Waals surface area contributed by atoms with Crippen molar-refractivity contribution in [2.45, 2.75) is 57.5 Å². The zero-order valence-electron chi connectivity index (χ0n) is 16.9. The molecule has 160 valence electrons. The van der Waals surface area contributed by atoms with Gasteiger partial charge in [0.2, 0.25) is 21.8 Å². The van der Waals surface area contributed by atoms with E-state index < -0.39 is 21.5 Å². The van der Waals surface area contributed by atoms with Crippen molar-refractivity contribution in [1.82, 2.24) is 9.62 Å². The molecular weight excluding hydrogens is 414 g/mol. The van der Waals surface area contributed by atoms with Crippen molar-refractivity contribution in [3.63, 3.8) is 0 Å². The Hall–Kier alpha value is -1.64. The summed E-state index contributed by atoms with van der Waals surface area (Å²) in [6.07, 6.45) is 4.35. The van der Waals surface area contributed by atoms with Gasteiger partial charge in [-0.1, -0.05) is 31.4 Å². The molecule has 0 radical (unpaired) electrons. The SMILES string of the molecule is CCCS(=O)(=O)N1CC(=O)N(c2ccc(Cl)cc2)[C@@](C)(C(=O)NC2CCCC2)C1. The summed E-state index contributed by atoms with van der Waals surface area (Å²) >= 11 is 5.98. The summed E-state index contributed by atoms with van der Waals surface area (Å²) in [5.74, 6) is -0.812. The van der Waals surface area contributed by atoms with E-state index in [1.165, 1.54) is 4.90 Å². The van der Waals surface area contributed by atoms with Crippen LogP contribution in [0.3, 0.4) is 0 Å². The van der Waals surface area contributed by atoms with Crippen LogP contribution in [0.25, 0.3) is 0 Å². The van der Waals surface area contributed by atoms with Crippen molar-refractivity contribution >= 4 is 39.1 Å². The standard InChI is InChI=1S/C20H28ClN3O4S/c1-3-12-29(27,28)23-13-18(25)24(17-10-8-15(21)9-11-17)20(2,14-23)19(26)22-16-6-4-5-7-16/h8-11,16H,3-7,12-14H2,1-2H3,(H,22,26)/t20-/m1/s1. The van der Waals surface area contributed by atoms with Gasteiger partial charge >= 0.3 is 0 Å². The number of benzene rings is 1. The fourth-order valence-corrected chi connectivity index (χ4v) is 5.81. The normalized spacial score (nSPS) is 24.1. The maximum atomic E-state index is 13.3. The van der Waals surface area contributed by atoms with Gasteiger partial charge in [0, 0.05) is 23.3 Å². The number of nitrogens with one attached hydrogen (secondary N) is 1. The third-order valence-corrected chi connectivity index (χ3v) is 7.88. The van der Waals surface area contributed by atoms with Crippen molar-refractivity contribution in [3.05, 3.63) is 29.3 Å². The van der Waals surface area contributed by atoms with Crippen LogP contribution in [-0.2, 0) is 19.6 Å². The van der Waals surface area contributed by atoms with Gasteiger partial charge in [-0.3, -0.25) is 14.5 Å². The van der Waals surface area contributed by atoms with Crippen LogP contribution in [0.5, 0.6) is 0 Å². The molecule has 1 aliphatic carbocycles. The molecule has 2 amide bonds. The second-order valence-electron chi connectivity index (χ2n) is 8.02. The van der Waals surface area contributed by atoms with E-state index in [9.17, 15) is 18.0 Å². The van der Waals surface area contributed by atoms with E-state index in [2.05, 4.69) is 5.32 Å². The van der Waals surface area contributed by atoms with Gasteiger partial charge in [0.25, 0.3) is 0 Å². The van der Waals surface area contributed by atoms with Crippen LogP contribution in [0.1, 0.15) is 46.0 Å². The molecule has 2 aliphatic rings. The highest BCUT2D eigenvalue weighted by molar-refractivity contribution is 7.89. The number of hydrogen-bond donors (Lipinski definition) is 1. The summed E-state index contributed by atoms with van der Waals surface area (Å²) < 4.78 is 26.5. The van der Waals surface area contributed by atoms with Crippen molar-refractivity contribution in [2.24, 2.45) is 0 Å². The fraction of sp³-hybridized carbons (Fsp3) is 0.600. The molecule has 0 spiro atoms. The maximum Gasteiger partial charge on any atom is 0.247 e. The molecule has 0 bridgehead atoms. The summed E-state index contributed by atoms with van der Waals surface area (Å²) in [5.41, 5.74) is -0.831. The van der Waals surface area contributed by atoms with Crippen molar-refractivity contribution < 1.29 is 18.0 Å². The average Bonchev–Trinajstić information content (AvgIpc) is 3.15. The molecule has 1 saturated heterocycles. The Labute approximate surface area is 177 Å². The zero-order valence-corrected chi connectivity index (χ0v) is 18.4. The topological polar surface area (TPSA) is 86.8 Å². The van der Waals surface area contributed by atoms with Gasteiger partial charge in [0.1, 0.15) is 5.54 Å². The lowest BCUT2D eigenvalue weighted by Gasteiger charge is -2.47. The van der Waals surface area contributed by atoms with E-state index in [1.807, 2.05) is 0 Å². The average molecular weight is 442 g/mol. The Kier molecular flexibility index (Phi) is 6.55. The van der Waals surface area contributed by atoms with E-state index in [1.54, 1.807) is 38.1 Å². The predicted molar refractivity (Wildman–Crippen MR) is 113 cm³/mol. The summed E-state index contributed by atoms with van der Waals surface area (Å²) in [7, 11) is -3.63. The molecule has 29 heavy (non-hydrogen) atoms. The van der Waals surface area contributed by atoms with Crippen LogP contribution < -0.4 is 10.2 Å². The largest absolute Gasteiger partial charge is 0.351 e. The lowest BCUT2D eigenvalue weighted by atomic mass is 9.94. The van der Waals surface area contributed by atoms with E-state index in [4.69, 9.17) is 11.6 Å². The Morgan fingerprint density at radius 3 is 2.45 bits per heavy atom. The minimum absolute atomic E-state index is 0.0540. The molecular formula is C20H28ClN3O4S. The molecule has 1 atom stereocenters. The van der Waals surface area contributed by atoms with Crippen molar-refractivity contribution in [1.29, 1.82) is 0 Å². The van der Waals surface area contributed by atoms with Crippen LogP contribution in [-0.4, -0.2) is 55.0 Å². The molecule has 1 aromatic carbocycles. The Balaban J connectivity index is 1.98. The summed E-state index contributed by atoms with van der Waals surface area (Å²) in [6.45, 7) is 3.05. The fourth-order valence-electron chi connectivity index (χ4n) is 4.15. The number of hydrogen-bond acceptors (Lipinski definition) is 4. The maximum absolute atomic E-state index is 13.3. The number of anilines is 1. The minimum atomic E-state index is -3.63. The van der Waals surface area contributed by atoms with E-state index in [-0.39, 0.29) is 30.8 Å². The van der Waals surface area contributed by atoms with Gasteiger partial charge in [-0.15, -0.1) is 0 Å². The minimum Gasteiger partial charge on any atom is -0.351 e. The zero-order chi connectivity index (χ0) is 21.2.